The smallest absolute Gasteiger partial charge is 0.345 e. The number of halogens is 1. The molecule has 1 heterocycles. The number of ether oxygens (including phenoxy) is 2. The highest BCUT2D eigenvalue weighted by molar-refractivity contribution is 7.15. The fourth-order valence-electron chi connectivity index (χ4n) is 2.87. The summed E-state index contributed by atoms with van der Waals surface area (Å²) in [5.74, 6) is -2.37. The Morgan fingerprint density at radius 3 is 2.42 bits per heavy atom. The lowest BCUT2D eigenvalue weighted by molar-refractivity contribution is -0.385. The average Bonchev–Trinajstić information content (AvgIpc) is 3.21. The van der Waals surface area contributed by atoms with Gasteiger partial charge in [-0.05, 0) is 30.7 Å². The number of anilines is 1. The number of hydrogen-bond donors (Lipinski definition) is 1. The molecular formula is C22H17ClN2O7S. The maximum Gasteiger partial charge on any atom is 0.345 e. The number of benzene rings is 2. The third kappa shape index (κ3) is 5.73. The second kappa shape index (κ2) is 10.7. The third-order valence-corrected chi connectivity index (χ3v) is 5.48. The van der Waals surface area contributed by atoms with E-state index in [1.54, 1.807) is 36.6 Å². The maximum atomic E-state index is 12.6. The van der Waals surface area contributed by atoms with Gasteiger partial charge in [-0.1, -0.05) is 35.9 Å². The van der Waals surface area contributed by atoms with Crippen molar-refractivity contribution < 1.29 is 28.8 Å². The van der Waals surface area contributed by atoms with Crippen LogP contribution in [0.15, 0.2) is 53.9 Å². The number of carbonyl (C=O) groups excluding carboxylic acids is 3. The monoisotopic (exact) mass is 488 g/mol. The van der Waals surface area contributed by atoms with Gasteiger partial charge in [0, 0.05) is 22.0 Å². The molecule has 0 saturated carbocycles. The van der Waals surface area contributed by atoms with Crippen molar-refractivity contribution in [1.29, 1.82) is 0 Å². The largest absolute Gasteiger partial charge is 0.462 e. The van der Waals surface area contributed by atoms with E-state index in [9.17, 15) is 24.5 Å². The molecule has 0 aliphatic heterocycles. The van der Waals surface area contributed by atoms with E-state index < -0.39 is 35.1 Å². The van der Waals surface area contributed by atoms with Gasteiger partial charge in [0.05, 0.1) is 11.5 Å². The maximum absolute atomic E-state index is 12.6. The van der Waals surface area contributed by atoms with Crippen molar-refractivity contribution in [3.05, 3.63) is 80.2 Å². The lowest BCUT2D eigenvalue weighted by Crippen LogP contribution is -2.22. The number of rotatable bonds is 8. The molecule has 170 valence electrons. The van der Waals surface area contributed by atoms with E-state index in [-0.39, 0.29) is 22.7 Å². The van der Waals surface area contributed by atoms with Crippen molar-refractivity contribution in [2.45, 2.75) is 6.92 Å². The molecule has 3 rings (SSSR count). The molecule has 0 unspecified atom stereocenters. The number of nitrogens with one attached hydrogen (secondary N) is 1. The quantitative estimate of drug-likeness (QED) is 0.270. The van der Waals surface area contributed by atoms with Crippen molar-refractivity contribution in [1.82, 2.24) is 0 Å². The molecule has 2 aromatic carbocycles. The SMILES string of the molecule is CCOC(=O)c1c(-c2ccc(Cl)cc2)csc1NC(=O)COC(=O)c1ccccc1[N+](=O)[O-]. The number of hydrogen-bond acceptors (Lipinski definition) is 8. The second-order valence-electron chi connectivity index (χ2n) is 6.48. The number of carbonyl (C=O) groups is 3. The van der Waals surface area contributed by atoms with Crippen LogP contribution in [0.3, 0.4) is 0 Å². The third-order valence-electron chi connectivity index (χ3n) is 4.33. The summed E-state index contributed by atoms with van der Waals surface area (Å²) in [7, 11) is 0. The summed E-state index contributed by atoms with van der Waals surface area (Å²) >= 11 is 7.03. The van der Waals surface area contributed by atoms with E-state index >= 15 is 0 Å². The van der Waals surface area contributed by atoms with Crippen molar-refractivity contribution >= 4 is 51.5 Å². The zero-order valence-corrected chi connectivity index (χ0v) is 18.8. The number of esters is 2. The fraction of sp³-hybridized carbons (Fsp3) is 0.136. The highest BCUT2D eigenvalue weighted by Gasteiger charge is 2.24. The molecular weight excluding hydrogens is 472 g/mol. The first-order valence-corrected chi connectivity index (χ1v) is 10.8. The molecule has 1 N–H and O–H groups in total. The summed E-state index contributed by atoms with van der Waals surface area (Å²) < 4.78 is 10.1. The van der Waals surface area contributed by atoms with Gasteiger partial charge in [0.15, 0.2) is 6.61 Å². The van der Waals surface area contributed by atoms with Gasteiger partial charge in [-0.3, -0.25) is 14.9 Å². The lowest BCUT2D eigenvalue weighted by atomic mass is 10.0. The van der Waals surface area contributed by atoms with Crippen molar-refractivity contribution in [3.63, 3.8) is 0 Å². The summed E-state index contributed by atoms with van der Waals surface area (Å²) in [4.78, 5) is 47.6. The van der Waals surface area contributed by atoms with Crippen LogP contribution in [-0.4, -0.2) is 36.0 Å². The Balaban J connectivity index is 1.77. The number of amides is 1. The van der Waals surface area contributed by atoms with Crippen LogP contribution in [0.1, 0.15) is 27.6 Å². The topological polar surface area (TPSA) is 125 Å². The van der Waals surface area contributed by atoms with Gasteiger partial charge in [-0.25, -0.2) is 9.59 Å². The van der Waals surface area contributed by atoms with Crippen LogP contribution in [0.25, 0.3) is 11.1 Å². The van der Waals surface area contributed by atoms with Gasteiger partial charge < -0.3 is 14.8 Å². The first-order valence-electron chi connectivity index (χ1n) is 9.56. The van der Waals surface area contributed by atoms with Gasteiger partial charge >= 0.3 is 11.9 Å². The Hall–Kier alpha value is -3.76. The standard InChI is InChI=1S/C22H17ClN2O7S/c1-2-31-22(28)19-16(13-7-9-14(23)10-8-13)12-33-20(19)24-18(26)11-32-21(27)15-5-3-4-6-17(15)25(29)30/h3-10,12H,2,11H2,1H3,(H,24,26). The molecule has 1 aromatic heterocycles. The molecule has 33 heavy (non-hydrogen) atoms. The number of thiophene rings is 1. The summed E-state index contributed by atoms with van der Waals surface area (Å²) in [6.07, 6.45) is 0. The first-order chi connectivity index (χ1) is 15.8. The summed E-state index contributed by atoms with van der Waals surface area (Å²) in [6.45, 7) is 1.09. The van der Waals surface area contributed by atoms with Gasteiger partial charge in [-0.2, -0.15) is 0 Å². The number of para-hydroxylation sites is 1. The number of nitro groups is 1. The van der Waals surface area contributed by atoms with E-state index in [0.717, 1.165) is 17.4 Å². The molecule has 3 aromatic rings. The predicted octanol–water partition coefficient (Wildman–Crippen LogP) is 4.95. The zero-order chi connectivity index (χ0) is 24.0. The molecule has 0 spiro atoms. The summed E-state index contributed by atoms with van der Waals surface area (Å²) in [6, 6.07) is 12.0. The van der Waals surface area contributed by atoms with Gasteiger partial charge in [0.1, 0.15) is 16.1 Å². The van der Waals surface area contributed by atoms with Crippen LogP contribution in [0.2, 0.25) is 5.02 Å². The van der Waals surface area contributed by atoms with Crippen LogP contribution in [0, 0.1) is 10.1 Å². The van der Waals surface area contributed by atoms with Gasteiger partial charge in [0.2, 0.25) is 0 Å². The molecule has 0 fully saturated rings. The highest BCUT2D eigenvalue weighted by atomic mass is 35.5. The molecule has 0 aliphatic rings. The molecule has 0 radical (unpaired) electrons. The second-order valence-corrected chi connectivity index (χ2v) is 7.80. The molecule has 0 saturated heterocycles. The first kappa shape index (κ1) is 23.9. The average molecular weight is 489 g/mol. The summed E-state index contributed by atoms with van der Waals surface area (Å²) in [5, 5.41) is 16.0. The Kier molecular flexibility index (Phi) is 7.75. The van der Waals surface area contributed by atoms with Crippen LogP contribution >= 0.6 is 22.9 Å². The number of nitro benzene ring substituents is 1. The Morgan fingerprint density at radius 2 is 1.76 bits per heavy atom. The van der Waals surface area contributed by atoms with E-state index in [2.05, 4.69) is 5.32 Å². The van der Waals surface area contributed by atoms with Crippen molar-refractivity contribution in [3.8, 4) is 11.1 Å². The normalized spacial score (nSPS) is 10.4. The van der Waals surface area contributed by atoms with Gasteiger partial charge in [-0.15, -0.1) is 11.3 Å². The Labute approximate surface area is 197 Å². The van der Waals surface area contributed by atoms with Crippen LogP contribution < -0.4 is 5.32 Å². The lowest BCUT2D eigenvalue weighted by Gasteiger charge is -2.09. The van der Waals surface area contributed by atoms with E-state index in [4.69, 9.17) is 21.1 Å². The molecule has 0 aliphatic carbocycles. The molecule has 0 bridgehead atoms. The zero-order valence-electron chi connectivity index (χ0n) is 17.2. The predicted molar refractivity (Wildman–Crippen MR) is 123 cm³/mol. The minimum absolute atomic E-state index is 0.135. The molecule has 0 atom stereocenters. The van der Waals surface area contributed by atoms with E-state index in [0.29, 0.717) is 16.1 Å². The van der Waals surface area contributed by atoms with E-state index in [1.807, 2.05) is 0 Å². The van der Waals surface area contributed by atoms with Crippen LogP contribution in [0.4, 0.5) is 10.7 Å². The van der Waals surface area contributed by atoms with Crippen LogP contribution in [0.5, 0.6) is 0 Å². The molecule has 1 amide bonds. The highest BCUT2D eigenvalue weighted by Crippen LogP contribution is 2.36. The minimum Gasteiger partial charge on any atom is -0.462 e. The Bertz CT molecular complexity index is 1210. The van der Waals surface area contributed by atoms with Crippen LogP contribution in [-0.2, 0) is 14.3 Å². The van der Waals surface area contributed by atoms with Gasteiger partial charge in [0.25, 0.3) is 11.6 Å². The minimum atomic E-state index is -1.02. The Morgan fingerprint density at radius 1 is 1.06 bits per heavy atom. The van der Waals surface area contributed by atoms with Crippen molar-refractivity contribution in [2.75, 3.05) is 18.5 Å². The molecule has 9 nitrogen and oxygen atoms in total. The number of nitrogens with zero attached hydrogens (tertiary/aromatic N) is 1. The van der Waals surface area contributed by atoms with Crippen molar-refractivity contribution in [2.24, 2.45) is 0 Å². The summed E-state index contributed by atoms with van der Waals surface area (Å²) in [5.41, 5.74) is 0.689. The van der Waals surface area contributed by atoms with E-state index in [1.165, 1.54) is 18.2 Å². The fourth-order valence-corrected chi connectivity index (χ4v) is 3.97. The molecule has 11 heteroatoms.